The molecule has 0 aliphatic rings. The van der Waals surface area contributed by atoms with Gasteiger partial charge in [0.2, 0.25) is 12.2 Å². The molecule has 0 aromatic heterocycles. The summed E-state index contributed by atoms with van der Waals surface area (Å²) in [6.07, 6.45) is 9.96. The molecule has 0 saturated carbocycles. The molecule has 1 rings (SSSR count). The van der Waals surface area contributed by atoms with Gasteiger partial charge in [0.25, 0.3) is 0 Å². The first-order chi connectivity index (χ1) is 12.6. The lowest BCUT2D eigenvalue weighted by molar-refractivity contribution is -0.121. The normalized spacial score (nSPS) is 11.8. The monoisotopic (exact) mass is 359 g/mol. The number of hydrogen-bond acceptors (Lipinski definition) is 4. The van der Waals surface area contributed by atoms with Crippen molar-refractivity contribution < 1.29 is 14.4 Å². The molecule has 0 heterocycles. The van der Waals surface area contributed by atoms with Crippen LogP contribution < -0.4 is 11.1 Å². The Morgan fingerprint density at radius 3 is 2.23 bits per heavy atom. The summed E-state index contributed by atoms with van der Waals surface area (Å²) in [6, 6.07) is 6.05. The molecule has 0 aliphatic heterocycles. The molecular formula is C21H31N2O3. The van der Waals surface area contributed by atoms with Gasteiger partial charge in [-0.3, -0.25) is 14.4 Å². The van der Waals surface area contributed by atoms with Gasteiger partial charge < -0.3 is 11.1 Å². The van der Waals surface area contributed by atoms with E-state index in [9.17, 15) is 14.4 Å². The molecule has 26 heavy (non-hydrogen) atoms. The third-order valence-electron chi connectivity index (χ3n) is 4.39. The van der Waals surface area contributed by atoms with Gasteiger partial charge in [-0.25, -0.2) is 0 Å². The smallest absolute Gasteiger partial charge is 0.223 e. The van der Waals surface area contributed by atoms with Crippen molar-refractivity contribution in [1.29, 1.82) is 0 Å². The van der Waals surface area contributed by atoms with Crippen LogP contribution in [0.4, 0.5) is 0 Å². The zero-order chi connectivity index (χ0) is 19.2. The van der Waals surface area contributed by atoms with E-state index in [1.807, 2.05) is 0 Å². The van der Waals surface area contributed by atoms with Crippen molar-refractivity contribution in [3.8, 4) is 0 Å². The first-order valence-electron chi connectivity index (χ1n) is 9.60. The molecule has 5 heteroatoms. The first-order valence-corrected chi connectivity index (χ1v) is 9.60. The molecular weight excluding hydrogens is 328 g/mol. The van der Waals surface area contributed by atoms with Gasteiger partial charge >= 0.3 is 0 Å². The molecule has 0 aliphatic carbocycles. The molecule has 0 spiro atoms. The second-order valence-electron chi connectivity index (χ2n) is 6.64. The van der Waals surface area contributed by atoms with Gasteiger partial charge in [0.1, 0.15) is 6.04 Å². The largest absolute Gasteiger partial charge is 0.345 e. The zero-order valence-electron chi connectivity index (χ0n) is 15.8. The first kappa shape index (κ1) is 22.0. The van der Waals surface area contributed by atoms with E-state index in [4.69, 9.17) is 5.73 Å². The maximum absolute atomic E-state index is 12.2. The number of nitrogens with one attached hydrogen (secondary N) is 1. The fraction of sp³-hybridized carbons (Fsp3) is 0.571. The maximum Gasteiger partial charge on any atom is 0.223 e. The Bertz CT molecular complexity index is 555. The minimum Gasteiger partial charge on any atom is -0.345 e. The topological polar surface area (TPSA) is 89.3 Å². The lowest BCUT2D eigenvalue weighted by atomic mass is 10.0. The van der Waals surface area contributed by atoms with Crippen molar-refractivity contribution in [3.63, 3.8) is 0 Å². The van der Waals surface area contributed by atoms with Gasteiger partial charge in [-0.15, -0.1) is 0 Å². The highest BCUT2D eigenvalue weighted by Crippen LogP contribution is 2.10. The summed E-state index contributed by atoms with van der Waals surface area (Å²) >= 11 is 0. The molecule has 3 N–H and O–H groups in total. The molecule has 143 valence electrons. The molecule has 1 aromatic carbocycles. The highest BCUT2D eigenvalue weighted by molar-refractivity contribution is 5.98. The molecule has 0 fully saturated rings. The van der Waals surface area contributed by atoms with Crippen LogP contribution in [0.1, 0.15) is 80.6 Å². The van der Waals surface area contributed by atoms with Crippen molar-refractivity contribution in [2.75, 3.05) is 0 Å². The second-order valence-corrected chi connectivity index (χ2v) is 6.64. The van der Waals surface area contributed by atoms with Crippen LogP contribution in [0.25, 0.3) is 0 Å². The SMILES string of the molecule is CCCCCCCCCC(=O)NC([C]=O)CC(=O)c1ccc(CN)cc1. The number of carbonyl (C=O) groups excluding carboxylic acids is 3. The second kappa shape index (κ2) is 13.2. The van der Waals surface area contributed by atoms with Gasteiger partial charge in [-0.1, -0.05) is 69.7 Å². The van der Waals surface area contributed by atoms with E-state index in [1.165, 1.54) is 25.7 Å². The van der Waals surface area contributed by atoms with Crippen molar-refractivity contribution in [2.45, 2.75) is 77.3 Å². The Labute approximate surface area is 156 Å². The summed E-state index contributed by atoms with van der Waals surface area (Å²) in [5, 5.41) is 2.60. The molecule has 1 amide bonds. The van der Waals surface area contributed by atoms with E-state index in [0.717, 1.165) is 24.8 Å². The summed E-state index contributed by atoms with van der Waals surface area (Å²) in [4.78, 5) is 35.2. The third kappa shape index (κ3) is 8.90. The number of benzene rings is 1. The predicted molar refractivity (Wildman–Crippen MR) is 104 cm³/mol. The van der Waals surface area contributed by atoms with Crippen LogP contribution in [0.5, 0.6) is 0 Å². The lowest BCUT2D eigenvalue weighted by Gasteiger charge is -2.12. The van der Waals surface area contributed by atoms with Gasteiger partial charge in [0.15, 0.2) is 5.78 Å². The van der Waals surface area contributed by atoms with Gasteiger partial charge in [0, 0.05) is 24.9 Å². The van der Waals surface area contributed by atoms with Gasteiger partial charge in [-0.05, 0) is 12.0 Å². The summed E-state index contributed by atoms with van der Waals surface area (Å²) in [7, 11) is 0. The maximum atomic E-state index is 12.2. The fourth-order valence-corrected chi connectivity index (χ4v) is 2.76. The average molecular weight is 359 g/mol. The van der Waals surface area contributed by atoms with Crippen LogP contribution in [-0.2, 0) is 16.1 Å². The van der Waals surface area contributed by atoms with Crippen molar-refractivity contribution >= 4 is 18.0 Å². The predicted octanol–water partition coefficient (Wildman–Crippen LogP) is 3.45. The van der Waals surface area contributed by atoms with E-state index < -0.39 is 6.04 Å². The molecule has 1 aromatic rings. The standard InChI is InChI=1S/C21H31N2O3/c1-2-3-4-5-6-7-8-9-21(26)23-19(16-24)14-20(25)18-12-10-17(15-22)11-13-18/h10-13,19H,2-9,14-15,22H2,1H3,(H,23,26). The number of hydrogen-bond donors (Lipinski definition) is 2. The van der Waals surface area contributed by atoms with E-state index in [-0.39, 0.29) is 18.1 Å². The summed E-state index contributed by atoms with van der Waals surface area (Å²) < 4.78 is 0. The average Bonchev–Trinajstić information content (AvgIpc) is 2.66. The molecule has 0 bridgehead atoms. The number of amides is 1. The quantitative estimate of drug-likeness (QED) is 0.393. The van der Waals surface area contributed by atoms with Crippen molar-refractivity contribution in [3.05, 3.63) is 35.4 Å². The molecule has 1 atom stereocenters. The van der Waals surface area contributed by atoms with Crippen LogP contribution in [-0.4, -0.2) is 24.0 Å². The van der Waals surface area contributed by atoms with Crippen LogP contribution in [0, 0.1) is 0 Å². The zero-order valence-corrected chi connectivity index (χ0v) is 15.8. The molecule has 5 nitrogen and oxygen atoms in total. The number of ketones is 1. The highest BCUT2D eigenvalue weighted by Gasteiger charge is 2.17. The minimum atomic E-state index is -0.895. The Hall–Kier alpha value is -2.01. The fourth-order valence-electron chi connectivity index (χ4n) is 2.76. The lowest BCUT2D eigenvalue weighted by Crippen LogP contribution is -2.37. The minimum absolute atomic E-state index is 0.0752. The van der Waals surface area contributed by atoms with Crippen LogP contribution in [0.15, 0.2) is 24.3 Å². The Balaban J connectivity index is 2.30. The number of unbranched alkanes of at least 4 members (excludes halogenated alkanes) is 6. The van der Waals surface area contributed by atoms with Crippen LogP contribution >= 0.6 is 0 Å². The number of carbonyl (C=O) groups is 2. The van der Waals surface area contributed by atoms with Crippen molar-refractivity contribution in [1.82, 2.24) is 5.32 Å². The molecule has 0 saturated heterocycles. The van der Waals surface area contributed by atoms with Crippen molar-refractivity contribution in [2.24, 2.45) is 5.73 Å². The number of nitrogens with two attached hydrogens (primary N) is 1. The van der Waals surface area contributed by atoms with Gasteiger partial charge in [0.05, 0.1) is 0 Å². The Kier molecular flexibility index (Phi) is 11.2. The molecule has 1 unspecified atom stereocenters. The summed E-state index contributed by atoms with van der Waals surface area (Å²) in [6.45, 7) is 2.60. The highest BCUT2D eigenvalue weighted by atomic mass is 16.2. The molecule has 1 radical (unpaired) electrons. The van der Waals surface area contributed by atoms with E-state index in [0.29, 0.717) is 18.5 Å². The summed E-state index contributed by atoms with van der Waals surface area (Å²) in [5.74, 6) is -0.392. The van der Waals surface area contributed by atoms with Gasteiger partial charge in [-0.2, -0.15) is 0 Å². The summed E-state index contributed by atoms with van der Waals surface area (Å²) in [5.41, 5.74) is 6.97. The number of Topliss-reactive ketones (excluding diaryl/α,β-unsaturated/α-hetero) is 1. The van der Waals surface area contributed by atoms with E-state index in [1.54, 1.807) is 30.6 Å². The Morgan fingerprint density at radius 2 is 1.65 bits per heavy atom. The van der Waals surface area contributed by atoms with E-state index >= 15 is 0 Å². The van der Waals surface area contributed by atoms with Crippen LogP contribution in [0.3, 0.4) is 0 Å². The number of rotatable bonds is 14. The Morgan fingerprint density at radius 1 is 1.04 bits per heavy atom. The van der Waals surface area contributed by atoms with E-state index in [2.05, 4.69) is 12.2 Å². The van der Waals surface area contributed by atoms with Crippen LogP contribution in [0.2, 0.25) is 0 Å². The third-order valence-corrected chi connectivity index (χ3v) is 4.39.